The number of ether oxygens (including phenoxy) is 1. The molecule has 0 unspecified atom stereocenters. The van der Waals surface area contributed by atoms with E-state index in [0.717, 1.165) is 23.4 Å². The van der Waals surface area contributed by atoms with Crippen molar-refractivity contribution in [3.63, 3.8) is 0 Å². The second-order valence-corrected chi connectivity index (χ2v) is 8.17. The molecule has 2 nitrogen and oxygen atoms in total. The quantitative estimate of drug-likeness (QED) is 0.300. The molecule has 0 spiro atoms. The fraction of sp³-hybridized carbons (Fsp3) is 0.0667. The van der Waals surface area contributed by atoms with Crippen molar-refractivity contribution >= 4 is 0 Å². The average Bonchev–Trinajstić information content (AvgIpc) is 3.25. The largest absolute Gasteiger partial charge is 0.479 e. The van der Waals surface area contributed by atoms with Crippen molar-refractivity contribution in [2.45, 2.75) is 12.6 Å². The van der Waals surface area contributed by atoms with Gasteiger partial charge < -0.3 is 9.30 Å². The molecule has 32 heavy (non-hydrogen) atoms. The molecule has 0 saturated carbocycles. The molecule has 1 aliphatic rings. The molecule has 0 saturated heterocycles. The van der Waals surface area contributed by atoms with Gasteiger partial charge in [-0.2, -0.15) is 0 Å². The van der Waals surface area contributed by atoms with E-state index in [4.69, 9.17) is 4.74 Å². The molecule has 1 aliphatic heterocycles. The lowest BCUT2D eigenvalue weighted by Gasteiger charge is -2.29. The molecule has 154 valence electrons. The van der Waals surface area contributed by atoms with Gasteiger partial charge in [-0.05, 0) is 28.8 Å². The van der Waals surface area contributed by atoms with Gasteiger partial charge in [0.2, 0.25) is 0 Å². The average molecular weight is 414 g/mol. The van der Waals surface area contributed by atoms with Gasteiger partial charge in [0.05, 0.1) is 5.69 Å². The monoisotopic (exact) mass is 413 g/mol. The Morgan fingerprint density at radius 1 is 0.625 bits per heavy atom. The predicted octanol–water partition coefficient (Wildman–Crippen LogP) is 7.35. The van der Waals surface area contributed by atoms with E-state index in [1.807, 2.05) is 6.07 Å². The maximum absolute atomic E-state index is 6.65. The summed E-state index contributed by atoms with van der Waals surface area (Å²) in [7, 11) is 0. The molecule has 0 radical (unpaired) electrons. The third kappa shape index (κ3) is 3.21. The molecule has 4 aromatic carbocycles. The third-order valence-corrected chi connectivity index (χ3v) is 6.16. The molecule has 0 bridgehead atoms. The van der Waals surface area contributed by atoms with Gasteiger partial charge in [0.1, 0.15) is 5.75 Å². The summed E-state index contributed by atoms with van der Waals surface area (Å²) in [5.41, 5.74) is 8.46. The highest BCUT2D eigenvalue weighted by molar-refractivity contribution is 5.81. The second kappa shape index (κ2) is 7.90. The van der Waals surface area contributed by atoms with Crippen LogP contribution in [0.2, 0.25) is 0 Å². The Hall–Kier alpha value is -4.04. The van der Waals surface area contributed by atoms with Crippen LogP contribution >= 0.6 is 0 Å². The van der Waals surface area contributed by atoms with E-state index < -0.39 is 0 Å². The lowest BCUT2D eigenvalue weighted by Crippen LogP contribution is -2.19. The second-order valence-electron chi connectivity index (χ2n) is 8.17. The van der Waals surface area contributed by atoms with Crippen molar-refractivity contribution in [3.8, 4) is 28.1 Å². The zero-order valence-corrected chi connectivity index (χ0v) is 17.7. The van der Waals surface area contributed by atoms with Crippen molar-refractivity contribution in [3.05, 3.63) is 138 Å². The van der Waals surface area contributed by atoms with Crippen molar-refractivity contribution in [1.82, 2.24) is 4.57 Å². The molecular weight excluding hydrogens is 390 g/mol. The van der Waals surface area contributed by atoms with Crippen LogP contribution in [0.5, 0.6) is 5.75 Å². The number of rotatable bonds is 4. The molecular formula is C30H23NO. The third-order valence-electron chi connectivity index (χ3n) is 6.16. The number of hydrogen-bond donors (Lipinski definition) is 0. The smallest absolute Gasteiger partial charge is 0.164 e. The van der Waals surface area contributed by atoms with Gasteiger partial charge in [0.25, 0.3) is 0 Å². The maximum Gasteiger partial charge on any atom is 0.164 e. The van der Waals surface area contributed by atoms with E-state index in [2.05, 4.69) is 120 Å². The first-order chi connectivity index (χ1) is 15.9. The molecule has 6 rings (SSSR count). The highest BCUT2D eigenvalue weighted by Crippen LogP contribution is 2.47. The normalized spacial score (nSPS) is 14.3. The van der Waals surface area contributed by atoms with E-state index in [9.17, 15) is 0 Å². The van der Waals surface area contributed by atoms with E-state index in [1.165, 1.54) is 28.1 Å². The summed E-state index contributed by atoms with van der Waals surface area (Å²) in [5.74, 6) is 0.935. The van der Waals surface area contributed by atoms with Crippen LogP contribution in [-0.4, -0.2) is 4.57 Å². The molecule has 0 aliphatic carbocycles. The first-order valence-corrected chi connectivity index (χ1v) is 11.0. The molecule has 0 fully saturated rings. The fourth-order valence-electron chi connectivity index (χ4n) is 4.68. The van der Waals surface area contributed by atoms with Crippen LogP contribution in [0.4, 0.5) is 0 Å². The fourth-order valence-corrected chi connectivity index (χ4v) is 4.68. The highest BCUT2D eigenvalue weighted by Gasteiger charge is 2.32. The minimum atomic E-state index is -0.165. The number of nitrogens with zero attached hydrogens (tertiary/aromatic N) is 1. The minimum absolute atomic E-state index is 0.165. The Morgan fingerprint density at radius 2 is 1.25 bits per heavy atom. The van der Waals surface area contributed by atoms with Gasteiger partial charge in [0, 0.05) is 23.4 Å². The maximum atomic E-state index is 6.65. The van der Waals surface area contributed by atoms with Crippen LogP contribution in [0.15, 0.2) is 121 Å². The Labute approximate surface area is 188 Å². The van der Waals surface area contributed by atoms with E-state index >= 15 is 0 Å². The summed E-state index contributed by atoms with van der Waals surface area (Å²) >= 11 is 0. The van der Waals surface area contributed by atoms with Crippen molar-refractivity contribution in [1.29, 1.82) is 0 Å². The standard InChI is InChI=1S/C30H23NO/c1-4-12-22(13-5-1)21-31-27(23-14-6-2-7-15-23)20-26-25-18-10-11-19-28(25)32-30(29(26)31)24-16-8-3-9-17-24/h1-20,30H,21H2/t30-/m0/s1. The van der Waals surface area contributed by atoms with E-state index in [0.29, 0.717) is 0 Å². The zero-order valence-electron chi connectivity index (χ0n) is 17.7. The molecule has 1 atom stereocenters. The van der Waals surface area contributed by atoms with E-state index in [1.54, 1.807) is 0 Å². The molecule has 0 amide bonds. The highest BCUT2D eigenvalue weighted by atomic mass is 16.5. The van der Waals surface area contributed by atoms with Crippen LogP contribution < -0.4 is 4.74 Å². The summed E-state index contributed by atoms with van der Waals surface area (Å²) in [5, 5.41) is 0. The van der Waals surface area contributed by atoms with Crippen molar-refractivity contribution in [2.24, 2.45) is 0 Å². The first-order valence-electron chi connectivity index (χ1n) is 11.0. The summed E-state index contributed by atoms with van der Waals surface area (Å²) < 4.78 is 9.09. The number of fused-ring (bicyclic) bond motifs is 3. The molecule has 0 N–H and O–H groups in total. The first kappa shape index (κ1) is 18.7. The Kier molecular flexibility index (Phi) is 4.62. The van der Waals surface area contributed by atoms with Crippen LogP contribution in [-0.2, 0) is 6.54 Å². The number of benzene rings is 4. The van der Waals surface area contributed by atoms with Crippen molar-refractivity contribution < 1.29 is 4.74 Å². The SMILES string of the molecule is c1ccc(Cn2c(-c3ccccc3)cc3c2[C@H](c2ccccc2)Oc2ccccc2-3)cc1. The summed E-state index contributed by atoms with van der Waals surface area (Å²) in [6.45, 7) is 0.787. The van der Waals surface area contributed by atoms with Gasteiger partial charge in [-0.3, -0.25) is 0 Å². The summed E-state index contributed by atoms with van der Waals surface area (Å²) in [6, 6.07) is 42.6. The number of para-hydroxylation sites is 1. The van der Waals surface area contributed by atoms with Crippen LogP contribution in [0.25, 0.3) is 22.4 Å². The van der Waals surface area contributed by atoms with Gasteiger partial charge >= 0.3 is 0 Å². The van der Waals surface area contributed by atoms with Gasteiger partial charge in [0.15, 0.2) is 6.10 Å². The van der Waals surface area contributed by atoms with Gasteiger partial charge in [-0.15, -0.1) is 0 Å². The molecule has 1 aromatic heterocycles. The Morgan fingerprint density at radius 3 is 2.00 bits per heavy atom. The van der Waals surface area contributed by atoms with Gasteiger partial charge in [-0.25, -0.2) is 0 Å². The van der Waals surface area contributed by atoms with E-state index in [-0.39, 0.29) is 6.10 Å². The predicted molar refractivity (Wildman–Crippen MR) is 130 cm³/mol. The van der Waals surface area contributed by atoms with Crippen LogP contribution in [0.1, 0.15) is 22.9 Å². The van der Waals surface area contributed by atoms with Crippen LogP contribution in [0, 0.1) is 0 Å². The molecule has 5 aromatic rings. The number of hydrogen-bond acceptors (Lipinski definition) is 1. The minimum Gasteiger partial charge on any atom is -0.479 e. The lowest BCUT2D eigenvalue weighted by atomic mass is 9.95. The summed E-state index contributed by atoms with van der Waals surface area (Å²) in [4.78, 5) is 0. The summed E-state index contributed by atoms with van der Waals surface area (Å²) in [6.07, 6.45) is -0.165. The Balaban J connectivity index is 1.63. The number of aromatic nitrogens is 1. The van der Waals surface area contributed by atoms with Gasteiger partial charge in [-0.1, -0.05) is 109 Å². The zero-order chi connectivity index (χ0) is 21.3. The Bertz CT molecular complexity index is 1350. The topological polar surface area (TPSA) is 14.2 Å². The molecule has 2 heterocycles. The lowest BCUT2D eigenvalue weighted by molar-refractivity contribution is 0.234. The van der Waals surface area contributed by atoms with Crippen molar-refractivity contribution in [2.75, 3.05) is 0 Å². The van der Waals surface area contributed by atoms with Crippen LogP contribution in [0.3, 0.4) is 0 Å². The molecule has 2 heteroatoms.